The Kier molecular flexibility index (Phi) is 3.95. The number of pyridine rings is 1. The van der Waals surface area contributed by atoms with Crippen molar-refractivity contribution in [1.82, 2.24) is 10.3 Å². The molecule has 112 valence electrons. The summed E-state index contributed by atoms with van der Waals surface area (Å²) in [4.78, 5) is 27.0. The summed E-state index contributed by atoms with van der Waals surface area (Å²) in [6.45, 7) is 3.16. The highest BCUT2D eigenvalue weighted by Gasteiger charge is 2.36. The molecule has 0 radical (unpaired) electrons. The normalized spacial score (nSPS) is 15.3. The molecule has 0 unspecified atom stereocenters. The first-order valence-corrected chi connectivity index (χ1v) is 6.38. The van der Waals surface area contributed by atoms with E-state index in [9.17, 15) is 19.8 Å². The van der Waals surface area contributed by atoms with Gasteiger partial charge in [-0.25, -0.2) is 14.6 Å². The topological polar surface area (TPSA) is 123 Å². The number of nitrogens with zero attached hydrogens (tertiary/aromatic N) is 2. The molecule has 7 nitrogen and oxygen atoms in total. The molecule has 1 aromatic rings. The smallest absolute Gasteiger partial charge is 0.334 e. The van der Waals surface area contributed by atoms with Gasteiger partial charge < -0.3 is 15.5 Å². The van der Waals surface area contributed by atoms with E-state index in [-0.39, 0.29) is 16.8 Å². The molecule has 0 saturated heterocycles. The van der Waals surface area contributed by atoms with Gasteiger partial charge in [0.15, 0.2) is 0 Å². The van der Waals surface area contributed by atoms with Crippen LogP contribution in [0.1, 0.15) is 31.0 Å². The number of allylic oxidation sites excluding steroid dienone is 2. The number of aliphatic carboxylic acids is 2. The van der Waals surface area contributed by atoms with Crippen LogP contribution in [0.4, 0.5) is 0 Å². The third-order valence-electron chi connectivity index (χ3n) is 3.46. The lowest BCUT2D eigenvalue weighted by Crippen LogP contribution is -2.31. The molecule has 0 aliphatic carbocycles. The summed E-state index contributed by atoms with van der Waals surface area (Å²) in [6.07, 6.45) is 1.33. The maximum Gasteiger partial charge on any atom is 0.334 e. The number of carboxylic acids is 2. The number of carbonyl (C=O) groups is 2. The minimum absolute atomic E-state index is 0.0468. The van der Waals surface area contributed by atoms with Gasteiger partial charge in [0.05, 0.1) is 17.1 Å². The number of carboxylic acid groups (broad SMARTS) is 2. The average molecular weight is 299 g/mol. The van der Waals surface area contributed by atoms with Crippen molar-refractivity contribution >= 4 is 11.9 Å². The lowest BCUT2D eigenvalue weighted by atomic mass is 9.81. The largest absolute Gasteiger partial charge is 0.478 e. The molecule has 0 saturated carbocycles. The highest BCUT2D eigenvalue weighted by Crippen LogP contribution is 2.37. The maximum atomic E-state index is 11.6. The number of nitriles is 1. The van der Waals surface area contributed by atoms with E-state index in [2.05, 4.69) is 10.3 Å². The van der Waals surface area contributed by atoms with Gasteiger partial charge in [-0.15, -0.1) is 0 Å². The Morgan fingerprint density at radius 3 is 2.09 bits per heavy atom. The van der Waals surface area contributed by atoms with Gasteiger partial charge in [-0.05, 0) is 25.5 Å². The van der Waals surface area contributed by atoms with Crippen molar-refractivity contribution in [2.24, 2.45) is 0 Å². The van der Waals surface area contributed by atoms with E-state index in [4.69, 9.17) is 5.26 Å². The molecular weight excluding hydrogens is 286 g/mol. The molecule has 1 aliphatic rings. The molecule has 3 N–H and O–H groups in total. The van der Waals surface area contributed by atoms with E-state index in [1.54, 1.807) is 13.8 Å². The van der Waals surface area contributed by atoms with Crippen molar-refractivity contribution in [1.29, 1.82) is 5.26 Å². The highest BCUT2D eigenvalue weighted by molar-refractivity contribution is 5.98. The Morgan fingerprint density at radius 2 is 1.73 bits per heavy atom. The van der Waals surface area contributed by atoms with Gasteiger partial charge in [0.25, 0.3) is 0 Å². The summed E-state index contributed by atoms with van der Waals surface area (Å²) in [5.41, 5.74) is 1.25. The fourth-order valence-corrected chi connectivity index (χ4v) is 2.54. The highest BCUT2D eigenvalue weighted by atomic mass is 16.4. The molecule has 2 heterocycles. The zero-order valence-corrected chi connectivity index (χ0v) is 11.9. The standard InChI is InChI=1S/C15H13N3O4/c1-7-11(14(19)20)13(12(15(21)22)8(2)18-7)9-3-4-10(5-16)17-6-9/h3-4,6,13,18H,1-2H3,(H,19,20)(H,21,22). The Bertz CT molecular complexity index is 718. The molecule has 2 rings (SSSR count). The number of aromatic nitrogens is 1. The van der Waals surface area contributed by atoms with E-state index < -0.39 is 17.9 Å². The summed E-state index contributed by atoms with van der Waals surface area (Å²) in [6, 6.07) is 4.82. The van der Waals surface area contributed by atoms with E-state index in [0.717, 1.165) is 0 Å². The van der Waals surface area contributed by atoms with Crippen molar-refractivity contribution in [2.45, 2.75) is 19.8 Å². The zero-order valence-electron chi connectivity index (χ0n) is 11.9. The van der Waals surface area contributed by atoms with Crippen molar-refractivity contribution in [3.63, 3.8) is 0 Å². The van der Waals surface area contributed by atoms with E-state index in [1.807, 2.05) is 6.07 Å². The lowest BCUT2D eigenvalue weighted by molar-refractivity contribution is -0.133. The van der Waals surface area contributed by atoms with Crippen LogP contribution in [-0.2, 0) is 9.59 Å². The molecule has 1 aromatic heterocycles. The Balaban J connectivity index is 2.66. The summed E-state index contributed by atoms with van der Waals surface area (Å²) < 4.78 is 0. The summed E-state index contributed by atoms with van der Waals surface area (Å²) in [5.74, 6) is -3.35. The third kappa shape index (κ3) is 2.54. The average Bonchev–Trinajstić information content (AvgIpc) is 2.45. The molecule has 0 amide bonds. The molecule has 7 heteroatoms. The summed E-state index contributed by atoms with van der Waals surface area (Å²) >= 11 is 0. The van der Waals surface area contributed by atoms with Crippen molar-refractivity contribution in [3.8, 4) is 6.07 Å². The van der Waals surface area contributed by atoms with Crippen LogP contribution < -0.4 is 5.32 Å². The molecule has 1 aliphatic heterocycles. The zero-order chi connectivity index (χ0) is 16.4. The number of hydrogen-bond acceptors (Lipinski definition) is 5. The summed E-state index contributed by atoms with van der Waals surface area (Å²) in [7, 11) is 0. The molecule has 0 atom stereocenters. The minimum atomic E-state index is -1.20. The Morgan fingerprint density at radius 1 is 1.18 bits per heavy atom. The van der Waals surface area contributed by atoms with Gasteiger partial charge in [0.1, 0.15) is 11.8 Å². The second-order valence-electron chi connectivity index (χ2n) is 4.83. The molecular formula is C15H13N3O4. The Labute approximate surface area is 126 Å². The predicted octanol–water partition coefficient (Wildman–Crippen LogP) is 1.36. The number of nitrogens with one attached hydrogen (secondary N) is 1. The second kappa shape index (κ2) is 5.69. The molecule has 22 heavy (non-hydrogen) atoms. The molecule has 0 aromatic carbocycles. The lowest BCUT2D eigenvalue weighted by Gasteiger charge is -2.28. The van der Waals surface area contributed by atoms with Gasteiger partial charge >= 0.3 is 11.9 Å². The predicted molar refractivity (Wildman–Crippen MR) is 75.5 cm³/mol. The Hall–Kier alpha value is -3.14. The third-order valence-corrected chi connectivity index (χ3v) is 3.46. The van der Waals surface area contributed by atoms with E-state index >= 15 is 0 Å². The van der Waals surface area contributed by atoms with Crippen LogP contribution >= 0.6 is 0 Å². The van der Waals surface area contributed by atoms with Crippen LogP contribution in [0.3, 0.4) is 0 Å². The van der Waals surface area contributed by atoms with E-state index in [1.165, 1.54) is 18.3 Å². The first-order chi connectivity index (χ1) is 10.4. The fourth-order valence-electron chi connectivity index (χ4n) is 2.54. The molecule has 0 bridgehead atoms. The van der Waals surface area contributed by atoms with Crippen molar-refractivity contribution in [3.05, 3.63) is 52.1 Å². The van der Waals surface area contributed by atoms with Crippen LogP contribution in [0.25, 0.3) is 0 Å². The minimum Gasteiger partial charge on any atom is -0.478 e. The van der Waals surface area contributed by atoms with Gasteiger partial charge in [-0.1, -0.05) is 6.07 Å². The van der Waals surface area contributed by atoms with Gasteiger partial charge in [-0.2, -0.15) is 5.26 Å². The summed E-state index contributed by atoms with van der Waals surface area (Å²) in [5, 5.41) is 30.4. The number of dihydropyridines is 1. The quantitative estimate of drug-likeness (QED) is 0.769. The van der Waals surface area contributed by atoms with Crippen LogP contribution in [0.5, 0.6) is 0 Å². The molecule has 0 fully saturated rings. The van der Waals surface area contributed by atoms with Gasteiger partial charge in [0.2, 0.25) is 0 Å². The first kappa shape index (κ1) is 15.3. The van der Waals surface area contributed by atoms with Crippen LogP contribution in [0, 0.1) is 11.3 Å². The van der Waals surface area contributed by atoms with Crippen LogP contribution in [-0.4, -0.2) is 27.1 Å². The van der Waals surface area contributed by atoms with Gasteiger partial charge in [0, 0.05) is 17.6 Å². The number of rotatable bonds is 3. The van der Waals surface area contributed by atoms with Crippen LogP contribution in [0.15, 0.2) is 40.9 Å². The maximum absolute atomic E-state index is 11.6. The second-order valence-corrected chi connectivity index (χ2v) is 4.83. The fraction of sp³-hybridized carbons (Fsp3) is 0.200. The molecule has 0 spiro atoms. The van der Waals surface area contributed by atoms with Gasteiger partial charge in [-0.3, -0.25) is 0 Å². The monoisotopic (exact) mass is 299 g/mol. The number of hydrogen-bond donors (Lipinski definition) is 3. The van der Waals surface area contributed by atoms with Crippen molar-refractivity contribution in [2.75, 3.05) is 0 Å². The van der Waals surface area contributed by atoms with Crippen LogP contribution in [0.2, 0.25) is 0 Å². The van der Waals surface area contributed by atoms with E-state index in [0.29, 0.717) is 17.0 Å². The van der Waals surface area contributed by atoms with Crippen molar-refractivity contribution < 1.29 is 19.8 Å². The first-order valence-electron chi connectivity index (χ1n) is 6.38. The SMILES string of the molecule is CC1=C(C(=O)O)C(c2ccc(C#N)nc2)C(C(=O)O)=C(C)N1.